The molecule has 1 aromatic carbocycles. The van der Waals surface area contributed by atoms with Gasteiger partial charge in [-0.1, -0.05) is 0 Å². The van der Waals surface area contributed by atoms with Gasteiger partial charge in [-0.25, -0.2) is 12.8 Å². The minimum atomic E-state index is -4.25. The zero-order valence-electron chi connectivity index (χ0n) is 10.7. The Bertz CT molecular complexity index is 680. The Balaban J connectivity index is 2.55. The normalized spacial score (nSPS) is 19.7. The molecule has 1 aliphatic heterocycles. The number of non-ortho nitro benzene ring substituents is 1. The number of nitro groups is 1. The number of nitrogens with one attached hydrogen (secondary N) is 1. The van der Waals surface area contributed by atoms with E-state index in [2.05, 4.69) is 0 Å². The molecule has 1 saturated heterocycles. The third-order valence-corrected chi connectivity index (χ3v) is 5.06. The second-order valence-corrected chi connectivity index (χ2v) is 6.39. The van der Waals surface area contributed by atoms with Crippen molar-refractivity contribution in [3.05, 3.63) is 28.1 Å². The summed E-state index contributed by atoms with van der Waals surface area (Å²) in [5.74, 6) is 3.86. The van der Waals surface area contributed by atoms with Crippen LogP contribution in [0.3, 0.4) is 0 Å². The average molecular weight is 320 g/mol. The Morgan fingerprint density at radius 1 is 1.52 bits per heavy atom. The van der Waals surface area contributed by atoms with Crippen LogP contribution in [0.1, 0.15) is 6.42 Å². The number of nitrogen functional groups attached to an aromatic ring is 1. The number of benzene rings is 1. The van der Waals surface area contributed by atoms with E-state index in [0.717, 1.165) is 10.4 Å². The van der Waals surface area contributed by atoms with Crippen molar-refractivity contribution >= 4 is 21.4 Å². The fraction of sp³-hybridized carbons (Fsp3) is 0.400. The van der Waals surface area contributed by atoms with Crippen molar-refractivity contribution in [2.45, 2.75) is 17.4 Å². The summed E-state index contributed by atoms with van der Waals surface area (Å²) in [6, 6.07) is 1.35. The van der Waals surface area contributed by atoms with Gasteiger partial charge in [0.25, 0.3) is 5.69 Å². The molecule has 4 N–H and O–H groups in total. The smallest absolute Gasteiger partial charge is 0.274 e. The largest absolute Gasteiger partial charge is 0.392 e. The van der Waals surface area contributed by atoms with Crippen molar-refractivity contribution in [1.29, 1.82) is 0 Å². The van der Waals surface area contributed by atoms with Gasteiger partial charge in [0, 0.05) is 19.2 Å². The van der Waals surface area contributed by atoms with Crippen LogP contribution in [0.2, 0.25) is 0 Å². The number of nitrogens with zero attached hydrogens (tertiary/aromatic N) is 2. The van der Waals surface area contributed by atoms with Crippen LogP contribution in [-0.4, -0.2) is 41.9 Å². The second-order valence-electron chi connectivity index (χ2n) is 4.51. The van der Waals surface area contributed by atoms with Crippen molar-refractivity contribution < 1.29 is 22.8 Å². The summed E-state index contributed by atoms with van der Waals surface area (Å²) < 4.78 is 39.7. The van der Waals surface area contributed by atoms with Crippen molar-refractivity contribution in [1.82, 2.24) is 4.31 Å². The number of hydrogen-bond donors (Lipinski definition) is 3. The van der Waals surface area contributed by atoms with Crippen LogP contribution >= 0.6 is 0 Å². The van der Waals surface area contributed by atoms with E-state index in [1.165, 1.54) is 0 Å². The lowest BCUT2D eigenvalue weighted by molar-refractivity contribution is -0.385. The molecule has 1 unspecified atom stereocenters. The highest BCUT2D eigenvalue weighted by molar-refractivity contribution is 7.89. The number of aliphatic hydroxyl groups is 1. The predicted molar refractivity (Wildman–Crippen MR) is 70.2 cm³/mol. The summed E-state index contributed by atoms with van der Waals surface area (Å²) in [6.07, 6.45) is -0.589. The minimum Gasteiger partial charge on any atom is -0.392 e. The number of nitrogens with two attached hydrogens (primary N) is 1. The van der Waals surface area contributed by atoms with Gasteiger partial charge in [0.05, 0.1) is 22.8 Å². The third kappa shape index (κ3) is 2.81. The Morgan fingerprint density at radius 2 is 2.19 bits per heavy atom. The molecular weight excluding hydrogens is 307 g/mol. The number of nitro benzene ring substituents is 1. The Labute approximate surface area is 119 Å². The molecule has 0 aliphatic carbocycles. The number of β-amino-alcohol motifs (C(OH)–C–C–N with tert-alkyl or cyclic N) is 1. The van der Waals surface area contributed by atoms with Gasteiger partial charge in [0.15, 0.2) is 5.82 Å². The molecule has 11 heteroatoms. The maximum absolute atomic E-state index is 14.0. The minimum absolute atomic E-state index is 0.0317. The van der Waals surface area contributed by atoms with Crippen LogP contribution < -0.4 is 11.3 Å². The highest BCUT2D eigenvalue weighted by Gasteiger charge is 2.36. The van der Waals surface area contributed by atoms with Crippen molar-refractivity contribution in [3.63, 3.8) is 0 Å². The molecule has 1 aromatic rings. The molecule has 0 spiro atoms. The molecule has 1 fully saturated rings. The third-order valence-electron chi connectivity index (χ3n) is 3.12. The molecule has 0 aromatic heterocycles. The standard InChI is InChI=1S/C10H13FN4O5S/c11-8-3-6(15(17)18)4-9(13-12)10(8)21(19,20)14-2-1-7(16)5-14/h3-4,7,13,16H,1-2,5,12H2. The van der Waals surface area contributed by atoms with Gasteiger partial charge in [0.2, 0.25) is 10.0 Å². The first-order valence-corrected chi connectivity index (χ1v) is 7.34. The van der Waals surface area contributed by atoms with Crippen LogP contribution in [0.25, 0.3) is 0 Å². The van der Waals surface area contributed by atoms with E-state index in [9.17, 15) is 28.0 Å². The molecule has 1 heterocycles. The summed E-state index contributed by atoms with van der Waals surface area (Å²) >= 11 is 0. The zero-order chi connectivity index (χ0) is 15.8. The average Bonchev–Trinajstić information content (AvgIpc) is 2.84. The lowest BCUT2D eigenvalue weighted by Crippen LogP contribution is -2.31. The second kappa shape index (κ2) is 5.52. The first kappa shape index (κ1) is 15.6. The zero-order valence-corrected chi connectivity index (χ0v) is 11.5. The van der Waals surface area contributed by atoms with Crippen molar-refractivity contribution in [2.24, 2.45) is 5.84 Å². The molecule has 9 nitrogen and oxygen atoms in total. The van der Waals surface area contributed by atoms with E-state index in [1.807, 2.05) is 5.43 Å². The van der Waals surface area contributed by atoms with E-state index in [1.54, 1.807) is 0 Å². The Hall–Kier alpha value is -1.82. The molecule has 0 amide bonds. The SMILES string of the molecule is NNc1cc([N+](=O)[O-])cc(F)c1S(=O)(=O)N1CCC(O)C1. The van der Waals surface area contributed by atoms with Gasteiger partial charge < -0.3 is 10.5 Å². The van der Waals surface area contributed by atoms with Gasteiger partial charge in [-0.2, -0.15) is 4.31 Å². The van der Waals surface area contributed by atoms with Gasteiger partial charge >= 0.3 is 0 Å². The van der Waals surface area contributed by atoms with E-state index < -0.39 is 43.1 Å². The predicted octanol–water partition coefficient (Wildman–Crippen LogP) is -0.225. The lowest BCUT2D eigenvalue weighted by Gasteiger charge is -2.18. The summed E-state index contributed by atoms with van der Waals surface area (Å²) in [5, 5.41) is 20.1. The molecule has 0 radical (unpaired) electrons. The highest BCUT2D eigenvalue weighted by Crippen LogP contribution is 2.32. The molecule has 0 bridgehead atoms. The summed E-state index contributed by atoms with van der Waals surface area (Å²) in [7, 11) is -4.25. The number of hydrogen-bond acceptors (Lipinski definition) is 7. The molecule has 116 valence electrons. The van der Waals surface area contributed by atoms with Crippen LogP contribution in [0.5, 0.6) is 0 Å². The summed E-state index contributed by atoms with van der Waals surface area (Å²) in [4.78, 5) is 9.02. The monoisotopic (exact) mass is 320 g/mol. The number of anilines is 1. The quantitative estimate of drug-likeness (QED) is 0.396. The van der Waals surface area contributed by atoms with Gasteiger partial charge in [0.1, 0.15) is 4.90 Å². The lowest BCUT2D eigenvalue weighted by atomic mass is 10.3. The topological polar surface area (TPSA) is 139 Å². The van der Waals surface area contributed by atoms with E-state index in [0.29, 0.717) is 6.07 Å². The van der Waals surface area contributed by atoms with Crippen molar-refractivity contribution in [3.8, 4) is 0 Å². The number of sulfonamides is 1. The Kier molecular flexibility index (Phi) is 4.09. The molecule has 0 saturated carbocycles. The van der Waals surface area contributed by atoms with Crippen LogP contribution in [-0.2, 0) is 10.0 Å². The first-order chi connectivity index (χ1) is 9.77. The Morgan fingerprint density at radius 3 is 2.67 bits per heavy atom. The molecule has 1 aliphatic rings. The van der Waals surface area contributed by atoms with Gasteiger partial charge in [-0.15, -0.1) is 0 Å². The first-order valence-electron chi connectivity index (χ1n) is 5.90. The van der Waals surface area contributed by atoms with Gasteiger partial charge in [-0.3, -0.25) is 16.0 Å². The van der Waals surface area contributed by atoms with E-state index in [-0.39, 0.29) is 19.5 Å². The summed E-state index contributed by atoms with van der Waals surface area (Å²) in [6.45, 7) is -0.132. The summed E-state index contributed by atoms with van der Waals surface area (Å²) in [5.41, 5.74) is 0.922. The van der Waals surface area contributed by atoms with E-state index in [4.69, 9.17) is 5.84 Å². The maximum atomic E-state index is 14.0. The highest BCUT2D eigenvalue weighted by atomic mass is 32.2. The van der Waals surface area contributed by atoms with Gasteiger partial charge in [-0.05, 0) is 6.42 Å². The van der Waals surface area contributed by atoms with Crippen LogP contribution in [0.4, 0.5) is 15.8 Å². The fourth-order valence-electron chi connectivity index (χ4n) is 2.11. The number of rotatable bonds is 4. The molecule has 21 heavy (non-hydrogen) atoms. The van der Waals surface area contributed by atoms with Crippen molar-refractivity contribution in [2.75, 3.05) is 18.5 Å². The maximum Gasteiger partial charge on any atom is 0.274 e. The number of hydrazine groups is 1. The van der Waals surface area contributed by atoms with Crippen LogP contribution in [0.15, 0.2) is 17.0 Å². The molecule has 2 rings (SSSR count). The molecule has 1 atom stereocenters. The fourth-order valence-corrected chi connectivity index (χ4v) is 3.79. The number of halogens is 1. The van der Waals surface area contributed by atoms with Crippen LogP contribution in [0, 0.1) is 15.9 Å². The molecular formula is C10H13FN4O5S. The van der Waals surface area contributed by atoms with E-state index >= 15 is 0 Å². The number of aliphatic hydroxyl groups excluding tert-OH is 1.